The summed E-state index contributed by atoms with van der Waals surface area (Å²) < 4.78 is 4.97. The Morgan fingerprint density at radius 1 is 1.33 bits per heavy atom. The maximum absolute atomic E-state index is 4.97. The predicted octanol–water partition coefficient (Wildman–Crippen LogP) is 1.14. The van der Waals surface area contributed by atoms with Crippen LogP contribution in [-0.2, 0) is 11.2 Å². The summed E-state index contributed by atoms with van der Waals surface area (Å²) in [5.74, 6) is 1.77. The summed E-state index contributed by atoms with van der Waals surface area (Å²) in [5.41, 5.74) is 1.11. The van der Waals surface area contributed by atoms with E-state index in [9.17, 15) is 0 Å². The van der Waals surface area contributed by atoms with Gasteiger partial charge in [-0.15, -0.1) is 0 Å². The van der Waals surface area contributed by atoms with Crippen LogP contribution in [0.25, 0.3) is 0 Å². The molecule has 0 radical (unpaired) electrons. The lowest BCUT2D eigenvalue weighted by Gasteiger charge is -2.12. The van der Waals surface area contributed by atoms with Gasteiger partial charge >= 0.3 is 0 Å². The van der Waals surface area contributed by atoms with Gasteiger partial charge in [-0.3, -0.25) is 0 Å². The molecular weight excluding hydrogens is 192 g/mol. The van der Waals surface area contributed by atoms with E-state index in [0.29, 0.717) is 6.61 Å². The van der Waals surface area contributed by atoms with Crippen molar-refractivity contribution in [3.8, 4) is 0 Å². The lowest BCUT2D eigenvalue weighted by atomic mass is 10.2. The van der Waals surface area contributed by atoms with Gasteiger partial charge in [0.1, 0.15) is 18.0 Å². The molecule has 5 heteroatoms. The van der Waals surface area contributed by atoms with Crippen LogP contribution in [0.3, 0.4) is 0 Å². The first kappa shape index (κ1) is 11.7. The number of anilines is 2. The third-order valence-corrected chi connectivity index (χ3v) is 2.13. The molecule has 0 aromatic carbocycles. The third kappa shape index (κ3) is 3.06. The lowest BCUT2D eigenvalue weighted by molar-refractivity contribution is 0.210. The van der Waals surface area contributed by atoms with E-state index in [4.69, 9.17) is 4.74 Å². The molecule has 15 heavy (non-hydrogen) atoms. The van der Waals surface area contributed by atoms with Crippen LogP contribution in [0.5, 0.6) is 0 Å². The average Bonchev–Trinajstić information content (AvgIpc) is 2.29. The maximum Gasteiger partial charge on any atom is 0.134 e. The van der Waals surface area contributed by atoms with Gasteiger partial charge in [0, 0.05) is 26.3 Å². The van der Waals surface area contributed by atoms with E-state index in [1.165, 1.54) is 0 Å². The zero-order valence-corrected chi connectivity index (χ0v) is 9.50. The first-order valence-corrected chi connectivity index (χ1v) is 5.07. The van der Waals surface area contributed by atoms with Gasteiger partial charge < -0.3 is 15.4 Å². The van der Waals surface area contributed by atoms with Crippen molar-refractivity contribution in [2.24, 2.45) is 0 Å². The average molecular weight is 210 g/mol. The molecule has 5 nitrogen and oxygen atoms in total. The molecule has 0 unspecified atom stereocenters. The summed E-state index contributed by atoms with van der Waals surface area (Å²) in [7, 11) is 3.54. The van der Waals surface area contributed by atoms with E-state index in [0.717, 1.165) is 30.2 Å². The second-order valence-corrected chi connectivity index (χ2v) is 3.07. The lowest BCUT2D eigenvalue weighted by Crippen LogP contribution is -2.12. The second-order valence-electron chi connectivity index (χ2n) is 3.07. The van der Waals surface area contributed by atoms with E-state index in [2.05, 4.69) is 27.5 Å². The summed E-state index contributed by atoms with van der Waals surface area (Å²) in [6, 6.07) is 0. The van der Waals surface area contributed by atoms with Crippen LogP contribution in [0.1, 0.15) is 12.5 Å². The number of aromatic nitrogens is 2. The smallest absolute Gasteiger partial charge is 0.134 e. The number of methoxy groups -OCH3 is 1. The molecule has 0 bridgehead atoms. The van der Waals surface area contributed by atoms with E-state index >= 15 is 0 Å². The van der Waals surface area contributed by atoms with Crippen molar-refractivity contribution in [2.45, 2.75) is 13.3 Å². The molecule has 1 aromatic heterocycles. The van der Waals surface area contributed by atoms with Crippen LogP contribution >= 0.6 is 0 Å². The molecule has 0 aliphatic heterocycles. The van der Waals surface area contributed by atoms with Gasteiger partial charge in [-0.2, -0.15) is 0 Å². The highest BCUT2D eigenvalue weighted by atomic mass is 16.5. The molecule has 0 fully saturated rings. The summed E-state index contributed by atoms with van der Waals surface area (Å²) in [6.45, 7) is 3.51. The zero-order valence-electron chi connectivity index (χ0n) is 9.50. The molecular formula is C10H18N4O. The molecule has 0 spiro atoms. The molecule has 0 aliphatic carbocycles. The molecule has 0 saturated carbocycles. The monoisotopic (exact) mass is 210 g/mol. The number of rotatable bonds is 6. The van der Waals surface area contributed by atoms with Gasteiger partial charge in [0.2, 0.25) is 0 Å². The van der Waals surface area contributed by atoms with Crippen molar-refractivity contribution in [2.75, 3.05) is 37.9 Å². The Bertz CT molecular complexity index is 303. The first-order valence-electron chi connectivity index (χ1n) is 5.07. The van der Waals surface area contributed by atoms with E-state index in [1.807, 2.05) is 7.05 Å². The Hall–Kier alpha value is -1.36. The largest absolute Gasteiger partial charge is 0.383 e. The van der Waals surface area contributed by atoms with Crippen molar-refractivity contribution in [3.63, 3.8) is 0 Å². The normalized spacial score (nSPS) is 10.1. The summed E-state index contributed by atoms with van der Waals surface area (Å²) in [5, 5.41) is 6.28. The van der Waals surface area contributed by atoms with Gasteiger partial charge in [0.15, 0.2) is 0 Å². The van der Waals surface area contributed by atoms with Crippen LogP contribution in [0.2, 0.25) is 0 Å². The van der Waals surface area contributed by atoms with Crippen molar-refractivity contribution < 1.29 is 4.74 Å². The molecule has 0 aliphatic rings. The van der Waals surface area contributed by atoms with E-state index < -0.39 is 0 Å². The van der Waals surface area contributed by atoms with E-state index in [1.54, 1.807) is 13.4 Å². The van der Waals surface area contributed by atoms with Crippen LogP contribution in [0.4, 0.5) is 11.6 Å². The minimum absolute atomic E-state index is 0.669. The maximum atomic E-state index is 4.97. The fourth-order valence-corrected chi connectivity index (χ4v) is 1.39. The number of hydrogen-bond donors (Lipinski definition) is 2. The highest BCUT2D eigenvalue weighted by molar-refractivity contribution is 5.56. The molecule has 1 rings (SSSR count). The zero-order chi connectivity index (χ0) is 11.1. The fraction of sp³-hybridized carbons (Fsp3) is 0.600. The van der Waals surface area contributed by atoms with Crippen LogP contribution in [0, 0.1) is 0 Å². The highest BCUT2D eigenvalue weighted by Crippen LogP contribution is 2.19. The first-order chi connectivity index (χ1) is 7.33. The minimum atomic E-state index is 0.669. The third-order valence-electron chi connectivity index (χ3n) is 2.13. The predicted molar refractivity (Wildman–Crippen MR) is 61.3 cm³/mol. The Labute approximate surface area is 90.3 Å². The molecule has 0 amide bonds. The molecule has 0 atom stereocenters. The Kier molecular flexibility index (Phi) is 4.83. The standard InChI is InChI=1S/C10H18N4O/c1-4-8-9(11-2)13-7-14-10(8)12-5-6-15-3/h7H,4-6H2,1-3H3,(H2,11,12,13,14). The quantitative estimate of drug-likeness (QED) is 0.689. The van der Waals surface area contributed by atoms with Crippen molar-refractivity contribution in [1.29, 1.82) is 0 Å². The van der Waals surface area contributed by atoms with Crippen molar-refractivity contribution in [3.05, 3.63) is 11.9 Å². The summed E-state index contributed by atoms with van der Waals surface area (Å²) >= 11 is 0. The second kappa shape index (κ2) is 6.19. The molecule has 2 N–H and O–H groups in total. The number of nitrogens with one attached hydrogen (secondary N) is 2. The van der Waals surface area contributed by atoms with Gasteiger partial charge in [-0.05, 0) is 6.42 Å². The van der Waals surface area contributed by atoms with Crippen LogP contribution in [-0.4, -0.2) is 37.3 Å². The molecule has 0 saturated heterocycles. The number of ether oxygens (including phenoxy) is 1. The summed E-state index contributed by atoms with van der Waals surface area (Å²) in [6.07, 6.45) is 2.45. The van der Waals surface area contributed by atoms with Gasteiger partial charge in [-0.1, -0.05) is 6.92 Å². The SMILES string of the molecule is CCc1c(NC)ncnc1NCCOC. The van der Waals surface area contributed by atoms with Gasteiger partial charge in [0.05, 0.1) is 6.61 Å². The molecule has 1 heterocycles. The van der Waals surface area contributed by atoms with E-state index in [-0.39, 0.29) is 0 Å². The molecule has 1 aromatic rings. The number of nitrogens with zero attached hydrogens (tertiary/aromatic N) is 2. The number of hydrogen-bond acceptors (Lipinski definition) is 5. The Balaban J connectivity index is 2.76. The Morgan fingerprint density at radius 2 is 2.07 bits per heavy atom. The van der Waals surface area contributed by atoms with Gasteiger partial charge in [-0.25, -0.2) is 9.97 Å². The molecule has 84 valence electrons. The fourth-order valence-electron chi connectivity index (χ4n) is 1.39. The topological polar surface area (TPSA) is 59.1 Å². The van der Waals surface area contributed by atoms with Crippen molar-refractivity contribution >= 4 is 11.6 Å². The van der Waals surface area contributed by atoms with Crippen LogP contribution < -0.4 is 10.6 Å². The summed E-state index contributed by atoms with van der Waals surface area (Å²) in [4.78, 5) is 8.38. The van der Waals surface area contributed by atoms with Gasteiger partial charge in [0.25, 0.3) is 0 Å². The minimum Gasteiger partial charge on any atom is -0.383 e. The Morgan fingerprint density at radius 3 is 2.67 bits per heavy atom. The highest BCUT2D eigenvalue weighted by Gasteiger charge is 2.07. The van der Waals surface area contributed by atoms with Crippen molar-refractivity contribution in [1.82, 2.24) is 9.97 Å². The van der Waals surface area contributed by atoms with Crippen LogP contribution in [0.15, 0.2) is 6.33 Å².